The van der Waals surface area contributed by atoms with Crippen LogP contribution in [0.15, 0.2) is 11.0 Å². The molecule has 2 N–H and O–H groups in total. The van der Waals surface area contributed by atoms with E-state index in [9.17, 15) is 14.4 Å². The molecule has 10 nitrogen and oxygen atoms in total. The smallest absolute Gasteiger partial charge is 0.351 e. The topological polar surface area (TPSA) is 132 Å². The number of carbonyl (C=O) groups is 2. The highest BCUT2D eigenvalue weighted by atomic mass is 16.6. The second-order valence-corrected chi connectivity index (χ2v) is 5.59. The van der Waals surface area contributed by atoms with Crippen LogP contribution >= 0.6 is 0 Å². The quantitative estimate of drug-likeness (QED) is 0.686. The van der Waals surface area contributed by atoms with Gasteiger partial charge < -0.3 is 24.7 Å². The fourth-order valence-electron chi connectivity index (χ4n) is 2.55. The van der Waals surface area contributed by atoms with Gasteiger partial charge >= 0.3 is 17.6 Å². The standard InChI is InChI=1S/C15H21N3O7/c1-8(19)23-7-12-11(24-9(2)20)4-13(25-12)18-5-10(6-22-3)14(16)17-15(18)21/h5,11-13H,4,6-7H2,1-3H3,(H2,16,17,21)/t11?,12-,13-/m1/s1. The molecule has 1 aliphatic heterocycles. The lowest BCUT2D eigenvalue weighted by molar-refractivity contribution is -0.155. The average Bonchev–Trinajstić information content (AvgIpc) is 2.90. The van der Waals surface area contributed by atoms with Crippen LogP contribution in [0.5, 0.6) is 0 Å². The molecule has 0 bridgehead atoms. The zero-order valence-corrected chi connectivity index (χ0v) is 14.3. The number of nitrogen functional groups attached to an aromatic ring is 1. The monoisotopic (exact) mass is 355 g/mol. The maximum Gasteiger partial charge on any atom is 0.351 e. The minimum atomic E-state index is -0.735. The Morgan fingerprint density at radius 3 is 2.72 bits per heavy atom. The van der Waals surface area contributed by atoms with Gasteiger partial charge in [-0.1, -0.05) is 0 Å². The van der Waals surface area contributed by atoms with Gasteiger partial charge in [-0.2, -0.15) is 4.98 Å². The third-order valence-corrected chi connectivity index (χ3v) is 3.62. The number of hydrogen-bond acceptors (Lipinski definition) is 9. The average molecular weight is 355 g/mol. The first kappa shape index (κ1) is 18.9. The number of ether oxygens (including phenoxy) is 4. The molecule has 3 atom stereocenters. The minimum Gasteiger partial charge on any atom is -0.463 e. The lowest BCUT2D eigenvalue weighted by atomic mass is 10.2. The number of nitrogens with zero attached hydrogens (tertiary/aromatic N) is 2. The molecule has 1 aromatic heterocycles. The van der Waals surface area contributed by atoms with Crippen LogP contribution in [0.4, 0.5) is 5.82 Å². The third-order valence-electron chi connectivity index (χ3n) is 3.62. The van der Waals surface area contributed by atoms with Crippen molar-refractivity contribution in [3.63, 3.8) is 0 Å². The van der Waals surface area contributed by atoms with Gasteiger partial charge in [-0.05, 0) is 0 Å². The van der Waals surface area contributed by atoms with E-state index in [1.807, 2.05) is 0 Å². The van der Waals surface area contributed by atoms with Crippen LogP contribution in [0.3, 0.4) is 0 Å². The number of rotatable bonds is 6. The Morgan fingerprint density at radius 2 is 2.12 bits per heavy atom. The van der Waals surface area contributed by atoms with Crippen molar-refractivity contribution < 1.29 is 28.5 Å². The summed E-state index contributed by atoms with van der Waals surface area (Å²) in [5, 5.41) is 0. The van der Waals surface area contributed by atoms with Gasteiger partial charge in [0.05, 0.1) is 6.61 Å². The van der Waals surface area contributed by atoms with Crippen LogP contribution in [-0.2, 0) is 35.1 Å². The van der Waals surface area contributed by atoms with E-state index in [1.165, 1.54) is 31.7 Å². The molecular weight excluding hydrogens is 334 g/mol. The summed E-state index contributed by atoms with van der Waals surface area (Å²) in [4.78, 5) is 38.2. The summed E-state index contributed by atoms with van der Waals surface area (Å²) >= 11 is 0. The Bertz CT molecular complexity index is 703. The SMILES string of the molecule is COCc1cn([C@H]2CC(OC(C)=O)[C@@H](COC(C)=O)O2)c(=O)nc1N. The van der Waals surface area contributed by atoms with Gasteiger partial charge in [-0.15, -0.1) is 0 Å². The van der Waals surface area contributed by atoms with Crippen molar-refractivity contribution in [1.29, 1.82) is 0 Å². The predicted molar refractivity (Wildman–Crippen MR) is 84.3 cm³/mol. The maximum atomic E-state index is 12.1. The van der Waals surface area contributed by atoms with Gasteiger partial charge in [0.1, 0.15) is 30.9 Å². The summed E-state index contributed by atoms with van der Waals surface area (Å²) < 4.78 is 22.2. The van der Waals surface area contributed by atoms with E-state index < -0.39 is 36.1 Å². The van der Waals surface area contributed by atoms with E-state index in [4.69, 9.17) is 24.7 Å². The Kier molecular flexibility index (Phi) is 6.10. The second-order valence-electron chi connectivity index (χ2n) is 5.59. The summed E-state index contributed by atoms with van der Waals surface area (Å²) in [7, 11) is 1.49. The maximum absolute atomic E-state index is 12.1. The van der Waals surface area contributed by atoms with Crippen molar-refractivity contribution in [2.24, 2.45) is 0 Å². The molecule has 1 unspecified atom stereocenters. The zero-order chi connectivity index (χ0) is 18.6. The molecule has 1 aromatic rings. The van der Waals surface area contributed by atoms with Crippen LogP contribution < -0.4 is 11.4 Å². The van der Waals surface area contributed by atoms with Gasteiger partial charge in [-0.3, -0.25) is 14.2 Å². The normalized spacial score (nSPS) is 22.6. The number of aromatic nitrogens is 2. The van der Waals surface area contributed by atoms with E-state index in [2.05, 4.69) is 4.98 Å². The molecular formula is C15H21N3O7. The first-order valence-electron chi connectivity index (χ1n) is 7.64. The summed E-state index contributed by atoms with van der Waals surface area (Å²) in [6, 6.07) is 0. The number of anilines is 1. The van der Waals surface area contributed by atoms with E-state index in [0.29, 0.717) is 5.56 Å². The van der Waals surface area contributed by atoms with E-state index in [1.54, 1.807) is 0 Å². The number of nitrogens with two attached hydrogens (primary N) is 1. The van der Waals surface area contributed by atoms with Crippen molar-refractivity contribution >= 4 is 17.8 Å². The Morgan fingerprint density at radius 1 is 1.40 bits per heavy atom. The molecule has 0 aliphatic carbocycles. The lowest BCUT2D eigenvalue weighted by Crippen LogP contribution is -2.31. The number of carbonyl (C=O) groups excluding carboxylic acids is 2. The highest BCUT2D eigenvalue weighted by Gasteiger charge is 2.39. The Hall–Kier alpha value is -2.46. The van der Waals surface area contributed by atoms with Crippen LogP contribution in [0.25, 0.3) is 0 Å². The summed E-state index contributed by atoms with van der Waals surface area (Å²) in [6.07, 6.45) is -0.368. The van der Waals surface area contributed by atoms with E-state index in [-0.39, 0.29) is 25.5 Å². The molecule has 0 aromatic carbocycles. The Balaban J connectivity index is 2.24. The molecule has 2 heterocycles. The van der Waals surface area contributed by atoms with E-state index >= 15 is 0 Å². The second kappa shape index (κ2) is 8.08. The fourth-order valence-corrected chi connectivity index (χ4v) is 2.55. The van der Waals surface area contributed by atoms with Crippen molar-refractivity contribution in [3.05, 3.63) is 22.2 Å². The molecule has 1 aliphatic rings. The highest BCUT2D eigenvalue weighted by Crippen LogP contribution is 2.30. The first-order chi connectivity index (χ1) is 11.8. The molecule has 138 valence electrons. The highest BCUT2D eigenvalue weighted by molar-refractivity contribution is 5.66. The molecule has 1 fully saturated rings. The number of hydrogen-bond donors (Lipinski definition) is 1. The van der Waals surface area contributed by atoms with Crippen LogP contribution in [0, 0.1) is 0 Å². The molecule has 0 amide bonds. The molecule has 0 saturated carbocycles. The fraction of sp³-hybridized carbons (Fsp3) is 0.600. The van der Waals surface area contributed by atoms with Gasteiger partial charge in [0, 0.05) is 39.1 Å². The number of methoxy groups -OCH3 is 1. The van der Waals surface area contributed by atoms with Gasteiger partial charge in [-0.25, -0.2) is 4.79 Å². The molecule has 0 radical (unpaired) electrons. The van der Waals surface area contributed by atoms with Crippen LogP contribution in [-0.4, -0.2) is 47.4 Å². The molecule has 10 heteroatoms. The molecule has 0 spiro atoms. The number of esters is 2. The first-order valence-corrected chi connectivity index (χ1v) is 7.64. The van der Waals surface area contributed by atoms with Gasteiger partial charge in [0.25, 0.3) is 0 Å². The zero-order valence-electron chi connectivity index (χ0n) is 14.3. The van der Waals surface area contributed by atoms with Gasteiger partial charge in [0.2, 0.25) is 0 Å². The molecule has 25 heavy (non-hydrogen) atoms. The van der Waals surface area contributed by atoms with Crippen molar-refractivity contribution in [3.8, 4) is 0 Å². The van der Waals surface area contributed by atoms with Crippen LogP contribution in [0.2, 0.25) is 0 Å². The predicted octanol–water partition coefficient (Wildman–Crippen LogP) is -0.246. The lowest BCUT2D eigenvalue weighted by Gasteiger charge is -2.18. The summed E-state index contributed by atoms with van der Waals surface area (Å²) in [5.41, 5.74) is 5.63. The third kappa shape index (κ3) is 4.77. The van der Waals surface area contributed by atoms with Crippen molar-refractivity contribution in [1.82, 2.24) is 9.55 Å². The van der Waals surface area contributed by atoms with Crippen LogP contribution in [0.1, 0.15) is 32.1 Å². The summed E-state index contributed by atoms with van der Waals surface area (Å²) in [6.45, 7) is 2.62. The van der Waals surface area contributed by atoms with Crippen molar-refractivity contribution in [2.45, 2.75) is 45.3 Å². The Labute approximate surface area is 143 Å². The van der Waals surface area contributed by atoms with E-state index in [0.717, 1.165) is 0 Å². The minimum absolute atomic E-state index is 0.0779. The molecule has 1 saturated heterocycles. The van der Waals surface area contributed by atoms with Crippen molar-refractivity contribution in [2.75, 3.05) is 19.5 Å². The molecule has 2 rings (SSSR count). The largest absolute Gasteiger partial charge is 0.463 e. The van der Waals surface area contributed by atoms with Gasteiger partial charge in [0.15, 0.2) is 0 Å². The summed E-state index contributed by atoms with van der Waals surface area (Å²) in [5.74, 6) is -0.902.